The molecule has 1 aromatic carbocycles. The van der Waals surface area contributed by atoms with Crippen molar-refractivity contribution in [2.45, 2.75) is 38.5 Å². The molecule has 1 aliphatic carbocycles. The van der Waals surface area contributed by atoms with E-state index in [1.165, 1.54) is 56.2 Å². The largest absolute Gasteiger partial charge is 0.497 e. The Morgan fingerprint density at radius 2 is 1.76 bits per heavy atom. The first kappa shape index (κ1) is 18.6. The highest BCUT2D eigenvalue weighted by Gasteiger charge is 1.99. The van der Waals surface area contributed by atoms with E-state index in [0.29, 0.717) is 0 Å². The van der Waals surface area contributed by atoms with Crippen LogP contribution >= 0.6 is 0 Å². The monoisotopic (exact) mass is 342 g/mol. The van der Waals surface area contributed by atoms with Crippen LogP contribution in [0.1, 0.15) is 49.1 Å². The van der Waals surface area contributed by atoms with Gasteiger partial charge in [0.2, 0.25) is 0 Å². The van der Waals surface area contributed by atoms with Crippen LogP contribution in [0.3, 0.4) is 0 Å². The molecule has 25 heavy (non-hydrogen) atoms. The molecule has 0 spiro atoms. The summed E-state index contributed by atoms with van der Waals surface area (Å²) in [6, 6.07) is 11.1. The minimum atomic E-state index is -0.532. The van der Waals surface area contributed by atoms with Crippen molar-refractivity contribution in [1.82, 2.24) is 4.98 Å². The van der Waals surface area contributed by atoms with Crippen LogP contribution in [0.5, 0.6) is 5.75 Å². The Morgan fingerprint density at radius 1 is 1.08 bits per heavy atom. The fourth-order valence-electron chi connectivity index (χ4n) is 2.64. The molecule has 0 unspecified atom stereocenters. The van der Waals surface area contributed by atoms with Crippen molar-refractivity contribution >= 4 is 16.8 Å². The zero-order valence-corrected chi connectivity index (χ0v) is 14.7. The number of furan rings is 1. The molecule has 134 valence electrons. The molecule has 1 saturated carbocycles. The van der Waals surface area contributed by atoms with Gasteiger partial charge in [-0.25, -0.2) is 0 Å². The number of benzene rings is 1. The number of fused-ring (bicyclic) bond motifs is 1. The normalized spacial score (nSPS) is 13.2. The molecule has 5 heteroatoms. The highest BCUT2D eigenvalue weighted by Crippen LogP contribution is 2.18. The average Bonchev–Trinajstić information content (AvgIpc) is 3.35. The number of nitrogens with one attached hydrogen (secondary N) is 1. The SMILES string of the molecule is C1CCCCC1.COc1ccc2[nH]ccc2c1.NC(=O)c1ccco1. The van der Waals surface area contributed by atoms with Crippen LogP contribution in [0, 0.1) is 0 Å². The van der Waals surface area contributed by atoms with E-state index >= 15 is 0 Å². The van der Waals surface area contributed by atoms with Crippen molar-refractivity contribution in [2.75, 3.05) is 7.11 Å². The van der Waals surface area contributed by atoms with E-state index in [2.05, 4.69) is 9.40 Å². The summed E-state index contributed by atoms with van der Waals surface area (Å²) < 4.78 is 9.70. The number of hydrogen-bond acceptors (Lipinski definition) is 3. The Morgan fingerprint density at radius 3 is 2.24 bits per heavy atom. The average molecular weight is 342 g/mol. The Hall–Kier alpha value is -2.69. The van der Waals surface area contributed by atoms with E-state index in [4.69, 9.17) is 10.5 Å². The van der Waals surface area contributed by atoms with Crippen molar-refractivity contribution < 1.29 is 13.9 Å². The molecule has 1 aliphatic rings. The van der Waals surface area contributed by atoms with Crippen molar-refractivity contribution in [2.24, 2.45) is 5.73 Å². The minimum absolute atomic E-state index is 0.199. The molecule has 3 N–H and O–H groups in total. The summed E-state index contributed by atoms with van der Waals surface area (Å²) in [4.78, 5) is 13.3. The Bertz CT molecular complexity index is 732. The molecular formula is C20H26N2O3. The van der Waals surface area contributed by atoms with E-state index in [0.717, 1.165) is 11.3 Å². The fraction of sp³-hybridized carbons (Fsp3) is 0.350. The second kappa shape index (κ2) is 10.2. The van der Waals surface area contributed by atoms with Crippen molar-refractivity contribution in [1.29, 1.82) is 0 Å². The van der Waals surface area contributed by atoms with Crippen LogP contribution in [0.25, 0.3) is 10.9 Å². The first-order valence-electron chi connectivity index (χ1n) is 8.65. The van der Waals surface area contributed by atoms with E-state index in [1.54, 1.807) is 13.2 Å². The molecule has 2 aromatic heterocycles. The second-order valence-corrected chi connectivity index (χ2v) is 5.89. The number of methoxy groups -OCH3 is 1. The number of nitrogens with two attached hydrogens (primary N) is 1. The van der Waals surface area contributed by atoms with Crippen molar-refractivity contribution in [3.63, 3.8) is 0 Å². The third-order valence-corrected chi connectivity index (χ3v) is 4.02. The third-order valence-electron chi connectivity index (χ3n) is 4.02. The van der Waals surface area contributed by atoms with Crippen LogP contribution in [-0.2, 0) is 0 Å². The molecule has 1 amide bonds. The summed E-state index contributed by atoms with van der Waals surface area (Å²) in [5.74, 6) is 0.567. The molecule has 0 bridgehead atoms. The standard InChI is InChI=1S/C9H9NO.C6H12.C5H5NO2/c1-11-8-2-3-9-7(6-8)4-5-10-9;1-2-4-6-5-3-1;6-5(7)4-2-1-3-8-4/h2-6,10H,1H3;1-6H2;1-3H,(H2,6,7). The van der Waals surface area contributed by atoms with Gasteiger partial charge in [-0.05, 0) is 36.4 Å². The van der Waals surface area contributed by atoms with Gasteiger partial charge in [0.15, 0.2) is 5.76 Å². The molecule has 0 aliphatic heterocycles. The predicted octanol–water partition coefficient (Wildman–Crippen LogP) is 4.90. The number of primary amides is 1. The van der Waals surface area contributed by atoms with Crippen LogP contribution < -0.4 is 10.5 Å². The zero-order valence-electron chi connectivity index (χ0n) is 14.7. The number of ether oxygens (including phenoxy) is 1. The summed E-state index contributed by atoms with van der Waals surface area (Å²) in [7, 11) is 1.67. The van der Waals surface area contributed by atoms with E-state index < -0.39 is 5.91 Å². The maximum absolute atomic E-state index is 10.2. The van der Waals surface area contributed by atoms with Gasteiger partial charge >= 0.3 is 0 Å². The molecule has 0 atom stereocenters. The Kier molecular flexibility index (Phi) is 7.63. The third kappa shape index (κ3) is 6.37. The van der Waals surface area contributed by atoms with Gasteiger partial charge in [-0.2, -0.15) is 0 Å². The maximum atomic E-state index is 10.2. The quantitative estimate of drug-likeness (QED) is 0.695. The van der Waals surface area contributed by atoms with Crippen LogP contribution in [-0.4, -0.2) is 18.0 Å². The molecular weight excluding hydrogens is 316 g/mol. The van der Waals surface area contributed by atoms with E-state index in [1.807, 2.05) is 30.5 Å². The van der Waals surface area contributed by atoms with Gasteiger partial charge in [-0.1, -0.05) is 38.5 Å². The van der Waals surface area contributed by atoms with Crippen LogP contribution in [0.4, 0.5) is 0 Å². The number of H-pyrrole nitrogens is 1. The fourth-order valence-corrected chi connectivity index (χ4v) is 2.64. The summed E-state index contributed by atoms with van der Waals surface area (Å²) in [5.41, 5.74) is 5.97. The number of hydrogen-bond donors (Lipinski definition) is 2. The molecule has 3 aromatic rings. The molecule has 1 fully saturated rings. The summed E-state index contributed by atoms with van der Waals surface area (Å²) in [5, 5.41) is 1.18. The number of rotatable bonds is 2. The van der Waals surface area contributed by atoms with E-state index in [9.17, 15) is 4.79 Å². The molecule has 0 radical (unpaired) electrons. The number of amides is 1. The lowest BCUT2D eigenvalue weighted by Gasteiger charge is -2.05. The van der Waals surface area contributed by atoms with Gasteiger partial charge in [0, 0.05) is 17.1 Å². The minimum Gasteiger partial charge on any atom is -0.497 e. The van der Waals surface area contributed by atoms with Crippen molar-refractivity contribution in [3.8, 4) is 5.75 Å². The first-order chi connectivity index (χ1) is 12.2. The summed E-state index contributed by atoms with van der Waals surface area (Å²) >= 11 is 0. The van der Waals surface area contributed by atoms with Gasteiger partial charge < -0.3 is 19.9 Å². The lowest BCUT2D eigenvalue weighted by atomic mass is 10.0. The highest BCUT2D eigenvalue weighted by atomic mass is 16.5. The number of carbonyl (C=O) groups excluding carboxylic acids is 1. The molecule has 2 heterocycles. The number of aromatic nitrogens is 1. The Balaban J connectivity index is 0.000000142. The van der Waals surface area contributed by atoms with Crippen molar-refractivity contribution in [3.05, 3.63) is 54.6 Å². The maximum Gasteiger partial charge on any atom is 0.284 e. The highest BCUT2D eigenvalue weighted by molar-refractivity contribution is 5.89. The van der Waals surface area contributed by atoms with Gasteiger partial charge in [0.1, 0.15) is 5.75 Å². The smallest absolute Gasteiger partial charge is 0.284 e. The topological polar surface area (TPSA) is 81.2 Å². The van der Waals surface area contributed by atoms with Gasteiger partial charge in [-0.15, -0.1) is 0 Å². The van der Waals surface area contributed by atoms with Crippen LogP contribution in [0.15, 0.2) is 53.3 Å². The first-order valence-corrected chi connectivity index (χ1v) is 8.65. The predicted molar refractivity (Wildman–Crippen MR) is 99.8 cm³/mol. The summed E-state index contributed by atoms with van der Waals surface area (Å²) in [6.07, 6.45) is 12.3. The second-order valence-electron chi connectivity index (χ2n) is 5.89. The van der Waals surface area contributed by atoms with Gasteiger partial charge in [0.05, 0.1) is 13.4 Å². The zero-order chi connectivity index (χ0) is 17.9. The van der Waals surface area contributed by atoms with Gasteiger partial charge in [0.25, 0.3) is 5.91 Å². The van der Waals surface area contributed by atoms with Crippen LogP contribution in [0.2, 0.25) is 0 Å². The lowest BCUT2D eigenvalue weighted by molar-refractivity contribution is 0.0974. The van der Waals surface area contributed by atoms with E-state index in [-0.39, 0.29) is 5.76 Å². The molecule has 0 saturated heterocycles. The molecule has 4 rings (SSSR count). The number of aromatic amines is 1. The number of carbonyl (C=O) groups is 1. The molecule has 5 nitrogen and oxygen atoms in total. The lowest BCUT2D eigenvalue weighted by Crippen LogP contribution is -2.08. The van der Waals surface area contributed by atoms with Gasteiger partial charge in [-0.3, -0.25) is 4.79 Å². The Labute approximate surface area is 148 Å². The summed E-state index contributed by atoms with van der Waals surface area (Å²) in [6.45, 7) is 0.